The maximum absolute atomic E-state index is 13.1. The van der Waals surface area contributed by atoms with Gasteiger partial charge in [0.1, 0.15) is 11.3 Å². The van der Waals surface area contributed by atoms with Gasteiger partial charge in [0.25, 0.3) is 5.91 Å². The van der Waals surface area contributed by atoms with E-state index in [1.54, 1.807) is 6.20 Å². The molecule has 0 bridgehead atoms. The first kappa shape index (κ1) is 24.6. The van der Waals surface area contributed by atoms with Crippen LogP contribution in [0.3, 0.4) is 0 Å². The first-order valence-electron chi connectivity index (χ1n) is 11.6. The van der Waals surface area contributed by atoms with Crippen molar-refractivity contribution in [3.8, 4) is 0 Å². The monoisotopic (exact) mass is 489 g/mol. The first-order valence-corrected chi connectivity index (χ1v) is 12.5. The molecule has 0 saturated heterocycles. The van der Waals surface area contributed by atoms with Crippen molar-refractivity contribution in [3.63, 3.8) is 0 Å². The molecule has 0 spiro atoms. The fourth-order valence-electron chi connectivity index (χ4n) is 3.87. The summed E-state index contributed by atoms with van der Waals surface area (Å²) in [5.41, 5.74) is 4.00. The number of carbonyl (C=O) groups is 1. The molecule has 4 rings (SSSR count). The summed E-state index contributed by atoms with van der Waals surface area (Å²) in [6, 6.07) is 15.9. The molecule has 8 heteroatoms. The molecular weight excluding hydrogens is 458 g/mol. The van der Waals surface area contributed by atoms with Crippen LogP contribution in [0, 0.1) is 0 Å². The van der Waals surface area contributed by atoms with Gasteiger partial charge in [0.15, 0.2) is 5.13 Å². The molecule has 0 atom stereocenters. The zero-order valence-electron chi connectivity index (χ0n) is 20.5. The maximum atomic E-state index is 13.1. The van der Waals surface area contributed by atoms with Crippen LogP contribution >= 0.6 is 11.3 Å². The highest BCUT2D eigenvalue weighted by atomic mass is 32.1. The van der Waals surface area contributed by atoms with Gasteiger partial charge < -0.3 is 14.6 Å². The van der Waals surface area contributed by atoms with Crippen molar-refractivity contribution in [2.45, 2.75) is 52.5 Å². The molecule has 3 heterocycles. The van der Waals surface area contributed by atoms with Gasteiger partial charge in [-0.1, -0.05) is 30.3 Å². The lowest BCUT2D eigenvalue weighted by molar-refractivity contribution is -0.0623. The number of ether oxygens (including phenoxy) is 1. The second-order valence-corrected chi connectivity index (χ2v) is 9.92. The van der Waals surface area contributed by atoms with E-state index in [9.17, 15) is 4.79 Å². The van der Waals surface area contributed by atoms with Gasteiger partial charge in [-0.05, 0) is 57.0 Å². The van der Waals surface area contributed by atoms with Gasteiger partial charge in [0.05, 0.1) is 23.7 Å². The lowest BCUT2D eigenvalue weighted by Gasteiger charge is -2.25. The summed E-state index contributed by atoms with van der Waals surface area (Å²) in [5, 5.41) is 8.88. The zero-order chi connectivity index (χ0) is 24.8. The maximum Gasteiger partial charge on any atom is 0.274 e. The molecule has 1 amide bonds. The largest absolute Gasteiger partial charge is 0.379 e. The summed E-state index contributed by atoms with van der Waals surface area (Å²) in [6.07, 6.45) is 5.57. The van der Waals surface area contributed by atoms with E-state index >= 15 is 0 Å². The van der Waals surface area contributed by atoms with Crippen LogP contribution in [0.2, 0.25) is 0 Å². The molecular formula is C27H31N5O2S. The van der Waals surface area contributed by atoms with Crippen LogP contribution in [0.25, 0.3) is 0 Å². The minimum absolute atomic E-state index is 0.0771. The summed E-state index contributed by atoms with van der Waals surface area (Å²) >= 11 is 1.40. The van der Waals surface area contributed by atoms with Crippen molar-refractivity contribution < 1.29 is 9.53 Å². The molecule has 7 nitrogen and oxygen atoms in total. The van der Waals surface area contributed by atoms with Crippen molar-refractivity contribution in [2.24, 2.45) is 0 Å². The van der Waals surface area contributed by atoms with Gasteiger partial charge in [-0.25, -0.2) is 4.98 Å². The number of benzene rings is 1. The number of amides is 1. The minimum atomic E-state index is -0.529. The Kier molecular flexibility index (Phi) is 7.63. The molecule has 0 aliphatic heterocycles. The summed E-state index contributed by atoms with van der Waals surface area (Å²) in [5.74, 6) is -0.202. The molecule has 4 aromatic rings. The smallest absolute Gasteiger partial charge is 0.274 e. The second kappa shape index (κ2) is 10.8. The van der Waals surface area contributed by atoms with Gasteiger partial charge in [-0.2, -0.15) is 0 Å². The van der Waals surface area contributed by atoms with E-state index in [0.29, 0.717) is 23.9 Å². The first-order chi connectivity index (χ1) is 16.8. The predicted molar refractivity (Wildman–Crippen MR) is 141 cm³/mol. The third-order valence-electron chi connectivity index (χ3n) is 5.51. The minimum Gasteiger partial charge on any atom is -0.379 e. The number of thiazole rings is 1. The Morgan fingerprint density at radius 1 is 1.14 bits per heavy atom. The van der Waals surface area contributed by atoms with Crippen molar-refractivity contribution in [3.05, 3.63) is 95.0 Å². The Balaban J connectivity index is 1.45. The highest BCUT2D eigenvalue weighted by Crippen LogP contribution is 2.29. The zero-order valence-corrected chi connectivity index (χ0v) is 21.3. The van der Waals surface area contributed by atoms with E-state index in [0.717, 1.165) is 16.9 Å². The van der Waals surface area contributed by atoms with Gasteiger partial charge in [0, 0.05) is 30.9 Å². The average molecular weight is 490 g/mol. The Morgan fingerprint density at radius 2 is 1.94 bits per heavy atom. The topological polar surface area (TPSA) is 81.1 Å². The van der Waals surface area contributed by atoms with E-state index < -0.39 is 5.60 Å². The molecule has 2 N–H and O–H groups in total. The van der Waals surface area contributed by atoms with Gasteiger partial charge >= 0.3 is 0 Å². The molecule has 0 aliphatic carbocycles. The SMILES string of the molecule is CC(C)OC(C)(C)c1csc(NC(=O)c2cccn2Cc2ccncc2NCc2ccccc2)n1. The normalized spacial score (nSPS) is 11.6. The van der Waals surface area contributed by atoms with E-state index in [1.165, 1.54) is 16.9 Å². The third-order valence-corrected chi connectivity index (χ3v) is 6.27. The molecule has 182 valence electrons. The number of anilines is 2. The van der Waals surface area contributed by atoms with Crippen LogP contribution in [-0.2, 0) is 23.4 Å². The number of aromatic nitrogens is 3. The number of hydrogen-bond donors (Lipinski definition) is 2. The summed E-state index contributed by atoms with van der Waals surface area (Å²) in [4.78, 5) is 22.0. The highest BCUT2D eigenvalue weighted by molar-refractivity contribution is 7.14. The van der Waals surface area contributed by atoms with Crippen LogP contribution < -0.4 is 10.6 Å². The molecule has 1 aromatic carbocycles. The molecule has 0 unspecified atom stereocenters. The number of pyridine rings is 1. The van der Waals surface area contributed by atoms with Crippen molar-refractivity contribution >= 4 is 28.1 Å². The Bertz CT molecular complexity index is 1260. The number of nitrogens with zero attached hydrogens (tertiary/aromatic N) is 3. The van der Waals surface area contributed by atoms with Gasteiger partial charge in [-0.3, -0.25) is 15.1 Å². The summed E-state index contributed by atoms with van der Waals surface area (Å²) in [7, 11) is 0. The van der Waals surface area contributed by atoms with Crippen LogP contribution in [0.15, 0.2) is 72.5 Å². The van der Waals surface area contributed by atoms with Crippen molar-refractivity contribution in [2.75, 3.05) is 10.6 Å². The van der Waals surface area contributed by atoms with E-state index in [4.69, 9.17) is 4.74 Å². The molecule has 35 heavy (non-hydrogen) atoms. The molecule has 0 saturated carbocycles. The van der Waals surface area contributed by atoms with Crippen molar-refractivity contribution in [1.82, 2.24) is 14.5 Å². The van der Waals surface area contributed by atoms with Crippen LogP contribution in [0.5, 0.6) is 0 Å². The fourth-order valence-corrected chi connectivity index (χ4v) is 4.74. The van der Waals surface area contributed by atoms with Gasteiger partial charge in [-0.15, -0.1) is 11.3 Å². The van der Waals surface area contributed by atoms with Crippen LogP contribution in [0.4, 0.5) is 10.8 Å². The van der Waals surface area contributed by atoms with Gasteiger partial charge in [0.2, 0.25) is 0 Å². The predicted octanol–water partition coefficient (Wildman–Crippen LogP) is 5.91. The Hall–Kier alpha value is -3.49. The number of rotatable bonds is 10. The van der Waals surface area contributed by atoms with E-state index in [2.05, 4.69) is 32.7 Å². The second-order valence-electron chi connectivity index (χ2n) is 9.06. The molecule has 0 radical (unpaired) electrons. The van der Waals surface area contributed by atoms with Crippen LogP contribution in [0.1, 0.15) is 55.0 Å². The standard InChI is InChI=1S/C27H31N5O2S/c1-19(2)34-27(3,4)24-18-35-26(30-24)31-25(33)23-11-8-14-32(23)17-21-12-13-28-16-22(21)29-15-20-9-6-5-7-10-20/h5-14,16,18-19,29H,15,17H2,1-4H3,(H,30,31,33). The lowest BCUT2D eigenvalue weighted by atomic mass is 10.1. The molecule has 0 aliphatic rings. The lowest BCUT2D eigenvalue weighted by Crippen LogP contribution is -2.26. The quantitative estimate of drug-likeness (QED) is 0.289. The summed E-state index contributed by atoms with van der Waals surface area (Å²) in [6.45, 7) is 9.19. The molecule has 0 fully saturated rings. The number of hydrogen-bond acceptors (Lipinski definition) is 6. The van der Waals surface area contributed by atoms with E-state index in [-0.39, 0.29) is 12.0 Å². The highest BCUT2D eigenvalue weighted by Gasteiger charge is 2.26. The fraction of sp³-hybridized carbons (Fsp3) is 0.296. The third kappa shape index (κ3) is 6.35. The van der Waals surface area contributed by atoms with Crippen LogP contribution in [-0.4, -0.2) is 26.5 Å². The van der Waals surface area contributed by atoms with Crippen molar-refractivity contribution in [1.29, 1.82) is 0 Å². The number of carbonyl (C=O) groups excluding carboxylic acids is 1. The van der Waals surface area contributed by atoms with E-state index in [1.807, 2.05) is 86.4 Å². The number of nitrogens with one attached hydrogen (secondary N) is 2. The summed E-state index contributed by atoms with van der Waals surface area (Å²) < 4.78 is 7.90. The Morgan fingerprint density at radius 3 is 2.71 bits per heavy atom. The molecule has 3 aromatic heterocycles. The Labute approximate surface area is 210 Å². The average Bonchev–Trinajstić information content (AvgIpc) is 3.48.